The predicted molar refractivity (Wildman–Crippen MR) is 132 cm³/mol. The summed E-state index contributed by atoms with van der Waals surface area (Å²) in [5, 5.41) is 9.70. The summed E-state index contributed by atoms with van der Waals surface area (Å²) in [4.78, 5) is 12.6. The molecular weight excluding hydrogens is 426 g/mol. The van der Waals surface area contributed by atoms with Crippen molar-refractivity contribution in [3.8, 4) is 17.2 Å². The zero-order chi connectivity index (χ0) is 23.5. The van der Waals surface area contributed by atoms with Crippen LogP contribution in [-0.4, -0.2) is 38.5 Å². The highest BCUT2D eigenvalue weighted by Crippen LogP contribution is 2.38. The number of carbonyl (C=O) groups is 1. The number of rotatable bonds is 10. The molecule has 2 aromatic rings. The number of para-hydroxylation sites is 1. The lowest BCUT2D eigenvalue weighted by Crippen LogP contribution is -2.49. The molecule has 1 amide bonds. The number of benzene rings is 2. The van der Waals surface area contributed by atoms with Crippen LogP contribution in [0.25, 0.3) is 6.08 Å². The second-order valence-corrected chi connectivity index (χ2v) is 7.86. The van der Waals surface area contributed by atoms with Crippen molar-refractivity contribution in [2.45, 2.75) is 26.4 Å². The number of hydrogen-bond donors (Lipinski definition) is 3. The van der Waals surface area contributed by atoms with Gasteiger partial charge in [0.1, 0.15) is 6.17 Å². The minimum Gasteiger partial charge on any atom is -0.493 e. The monoisotopic (exact) mass is 457 g/mol. The molecule has 0 aliphatic rings. The van der Waals surface area contributed by atoms with Crippen molar-refractivity contribution in [3.05, 3.63) is 54.1 Å². The Bertz CT molecular complexity index is 907. The number of carbonyl (C=O) groups excluding carboxylic acids is 1. The van der Waals surface area contributed by atoms with E-state index in [1.807, 2.05) is 30.3 Å². The van der Waals surface area contributed by atoms with E-state index in [1.165, 1.54) is 6.08 Å². The van der Waals surface area contributed by atoms with Crippen molar-refractivity contribution in [3.63, 3.8) is 0 Å². The van der Waals surface area contributed by atoms with E-state index < -0.39 is 0 Å². The number of anilines is 1. The Balaban J connectivity index is 2.06. The van der Waals surface area contributed by atoms with Gasteiger partial charge in [-0.1, -0.05) is 32.0 Å². The summed E-state index contributed by atoms with van der Waals surface area (Å²) in [7, 11) is 4.64. The van der Waals surface area contributed by atoms with Gasteiger partial charge in [-0.3, -0.25) is 4.79 Å². The first-order valence-electron chi connectivity index (χ1n) is 10.3. The Labute approximate surface area is 195 Å². The summed E-state index contributed by atoms with van der Waals surface area (Å²) in [6.45, 7) is 4.17. The van der Waals surface area contributed by atoms with Crippen LogP contribution in [-0.2, 0) is 4.79 Å². The van der Waals surface area contributed by atoms with E-state index >= 15 is 0 Å². The fraction of sp³-hybridized carbons (Fsp3) is 0.333. The average Bonchev–Trinajstić information content (AvgIpc) is 2.76. The number of methoxy groups -OCH3 is 3. The van der Waals surface area contributed by atoms with Crippen LogP contribution < -0.4 is 30.2 Å². The highest BCUT2D eigenvalue weighted by Gasteiger charge is 2.15. The first-order valence-corrected chi connectivity index (χ1v) is 10.7. The zero-order valence-corrected chi connectivity index (χ0v) is 19.9. The number of amides is 1. The lowest BCUT2D eigenvalue weighted by atomic mass is 10.1. The molecular formula is C24H31N3O4S. The standard InChI is InChI=1S/C24H31N3O4S/c1-16(2)13-21(27-24(32)25-18-9-7-6-8-10-18)26-22(28)12-11-17-14-19(29-3)23(31-5)20(15-17)30-4/h6-12,14-16,21H,13H2,1-5H3,(H,26,28)(H2,25,27,32). The van der Waals surface area contributed by atoms with Gasteiger partial charge in [-0.15, -0.1) is 0 Å². The molecule has 172 valence electrons. The third kappa shape index (κ3) is 7.77. The second kappa shape index (κ2) is 12.6. The predicted octanol–water partition coefficient (Wildman–Crippen LogP) is 4.20. The van der Waals surface area contributed by atoms with Crippen LogP contribution in [0.3, 0.4) is 0 Å². The van der Waals surface area contributed by atoms with Crippen molar-refractivity contribution >= 4 is 35.0 Å². The van der Waals surface area contributed by atoms with Crippen LogP contribution in [0.1, 0.15) is 25.8 Å². The molecule has 32 heavy (non-hydrogen) atoms. The molecule has 0 bridgehead atoms. The normalized spacial score (nSPS) is 11.7. The molecule has 0 fully saturated rings. The average molecular weight is 458 g/mol. The SMILES string of the molecule is COc1cc(C=CC(=O)NC(CC(C)C)NC(=S)Nc2ccccc2)cc(OC)c1OC. The van der Waals surface area contributed by atoms with Gasteiger partial charge in [-0.2, -0.15) is 0 Å². The Morgan fingerprint density at radius 1 is 1.00 bits per heavy atom. The highest BCUT2D eigenvalue weighted by molar-refractivity contribution is 7.80. The highest BCUT2D eigenvalue weighted by atomic mass is 32.1. The van der Waals surface area contributed by atoms with Gasteiger partial charge in [0.2, 0.25) is 11.7 Å². The maximum atomic E-state index is 12.6. The molecule has 3 N–H and O–H groups in total. The van der Waals surface area contributed by atoms with Crippen molar-refractivity contribution < 1.29 is 19.0 Å². The number of nitrogens with one attached hydrogen (secondary N) is 3. The van der Waals surface area contributed by atoms with E-state index in [2.05, 4.69) is 29.8 Å². The van der Waals surface area contributed by atoms with Crippen molar-refractivity contribution in [2.75, 3.05) is 26.6 Å². The quantitative estimate of drug-likeness (QED) is 0.280. The van der Waals surface area contributed by atoms with E-state index in [0.717, 1.165) is 11.3 Å². The fourth-order valence-electron chi connectivity index (χ4n) is 3.06. The summed E-state index contributed by atoms with van der Waals surface area (Å²) >= 11 is 5.41. The Kier molecular flexibility index (Phi) is 9.81. The minimum absolute atomic E-state index is 0.251. The van der Waals surface area contributed by atoms with Crippen LogP contribution in [0.15, 0.2) is 48.5 Å². The molecule has 0 saturated carbocycles. The molecule has 0 saturated heterocycles. The smallest absolute Gasteiger partial charge is 0.245 e. The van der Waals surface area contributed by atoms with E-state index in [9.17, 15) is 4.79 Å². The fourth-order valence-corrected chi connectivity index (χ4v) is 3.32. The van der Waals surface area contributed by atoms with Gasteiger partial charge in [0, 0.05) is 11.8 Å². The Hall–Kier alpha value is -3.26. The van der Waals surface area contributed by atoms with Crippen LogP contribution in [0.4, 0.5) is 5.69 Å². The van der Waals surface area contributed by atoms with Gasteiger partial charge < -0.3 is 30.2 Å². The van der Waals surface area contributed by atoms with Gasteiger partial charge in [0.25, 0.3) is 0 Å². The molecule has 0 spiro atoms. The summed E-state index contributed by atoms with van der Waals surface area (Å²) in [6, 6.07) is 13.2. The second-order valence-electron chi connectivity index (χ2n) is 7.45. The van der Waals surface area contributed by atoms with Crippen molar-refractivity contribution in [1.82, 2.24) is 10.6 Å². The lowest BCUT2D eigenvalue weighted by molar-refractivity contribution is -0.117. The molecule has 1 unspecified atom stereocenters. The van der Waals surface area contributed by atoms with Gasteiger partial charge in [-0.25, -0.2) is 0 Å². The Morgan fingerprint density at radius 2 is 1.62 bits per heavy atom. The summed E-state index contributed by atoms with van der Waals surface area (Å²) in [5.74, 6) is 1.63. The summed E-state index contributed by atoms with van der Waals surface area (Å²) in [5.41, 5.74) is 1.62. The van der Waals surface area contributed by atoms with Crippen LogP contribution in [0, 0.1) is 5.92 Å². The van der Waals surface area contributed by atoms with E-state index in [1.54, 1.807) is 39.5 Å². The minimum atomic E-state index is -0.323. The molecule has 8 heteroatoms. The lowest BCUT2D eigenvalue weighted by Gasteiger charge is -2.23. The number of ether oxygens (including phenoxy) is 3. The zero-order valence-electron chi connectivity index (χ0n) is 19.1. The maximum absolute atomic E-state index is 12.6. The van der Waals surface area contributed by atoms with Gasteiger partial charge in [-0.05, 0) is 60.5 Å². The molecule has 1 atom stereocenters. The summed E-state index contributed by atoms with van der Waals surface area (Å²) in [6.07, 6.45) is 3.53. The van der Waals surface area contributed by atoms with Crippen molar-refractivity contribution in [1.29, 1.82) is 0 Å². The summed E-state index contributed by atoms with van der Waals surface area (Å²) < 4.78 is 16.0. The molecule has 0 aromatic heterocycles. The number of hydrogen-bond acceptors (Lipinski definition) is 5. The molecule has 2 rings (SSSR count). The molecule has 0 aliphatic heterocycles. The first kappa shape index (κ1) is 25.0. The number of thiocarbonyl (C=S) groups is 1. The first-order chi connectivity index (χ1) is 15.4. The molecule has 7 nitrogen and oxygen atoms in total. The van der Waals surface area contributed by atoms with E-state index in [4.69, 9.17) is 26.4 Å². The third-order valence-corrected chi connectivity index (χ3v) is 4.69. The topological polar surface area (TPSA) is 80.9 Å². The van der Waals surface area contributed by atoms with E-state index in [0.29, 0.717) is 34.7 Å². The maximum Gasteiger partial charge on any atom is 0.245 e. The largest absolute Gasteiger partial charge is 0.493 e. The van der Waals surface area contributed by atoms with Gasteiger partial charge >= 0.3 is 0 Å². The molecule has 0 heterocycles. The molecule has 2 aromatic carbocycles. The molecule has 0 radical (unpaired) electrons. The van der Waals surface area contributed by atoms with Gasteiger partial charge in [0.05, 0.1) is 21.3 Å². The van der Waals surface area contributed by atoms with Crippen LogP contribution in [0.2, 0.25) is 0 Å². The Morgan fingerprint density at radius 3 is 2.16 bits per heavy atom. The molecule has 0 aliphatic carbocycles. The van der Waals surface area contributed by atoms with Gasteiger partial charge in [0.15, 0.2) is 16.6 Å². The van der Waals surface area contributed by atoms with Crippen molar-refractivity contribution in [2.24, 2.45) is 5.92 Å². The third-order valence-electron chi connectivity index (χ3n) is 4.47. The van der Waals surface area contributed by atoms with Crippen LogP contribution >= 0.6 is 12.2 Å². The van der Waals surface area contributed by atoms with E-state index in [-0.39, 0.29) is 12.1 Å². The van der Waals surface area contributed by atoms with Crippen LogP contribution in [0.5, 0.6) is 17.2 Å².